The maximum Gasteiger partial charge on any atom is 0.417 e. The zero-order valence-corrected chi connectivity index (χ0v) is 16.4. The van der Waals surface area contributed by atoms with E-state index < -0.39 is 11.7 Å². The maximum atomic E-state index is 13.8. The second-order valence-corrected chi connectivity index (χ2v) is 7.93. The quantitative estimate of drug-likeness (QED) is 0.603. The van der Waals surface area contributed by atoms with Gasteiger partial charge in [0.25, 0.3) is 5.71 Å². The van der Waals surface area contributed by atoms with E-state index in [0.717, 1.165) is 31.0 Å². The van der Waals surface area contributed by atoms with Crippen LogP contribution in [0.3, 0.4) is 0 Å². The van der Waals surface area contributed by atoms with Crippen molar-refractivity contribution in [2.75, 3.05) is 13.1 Å². The van der Waals surface area contributed by atoms with Gasteiger partial charge in [-0.2, -0.15) is 13.2 Å². The van der Waals surface area contributed by atoms with E-state index in [1.165, 1.54) is 0 Å². The van der Waals surface area contributed by atoms with Gasteiger partial charge in [0.15, 0.2) is 0 Å². The topological polar surface area (TPSA) is 55.1 Å². The number of fused-ring (bicyclic) bond motifs is 1. The summed E-state index contributed by atoms with van der Waals surface area (Å²) in [6, 6.07) is 5.03. The number of nitrogens with zero attached hydrogens (tertiary/aromatic N) is 4. The van der Waals surface area contributed by atoms with Gasteiger partial charge in [0.1, 0.15) is 0 Å². The van der Waals surface area contributed by atoms with E-state index in [4.69, 9.17) is 4.52 Å². The highest BCUT2D eigenvalue weighted by Crippen LogP contribution is 2.40. The Morgan fingerprint density at radius 1 is 1.31 bits per heavy atom. The van der Waals surface area contributed by atoms with Gasteiger partial charge in [-0.25, -0.2) is 4.98 Å². The first-order chi connectivity index (χ1) is 13.8. The van der Waals surface area contributed by atoms with Crippen molar-refractivity contribution in [1.82, 2.24) is 20.0 Å². The number of aromatic nitrogens is 3. The van der Waals surface area contributed by atoms with Crippen LogP contribution in [0, 0.1) is 0 Å². The molecule has 4 rings (SSSR count). The molecule has 8 heteroatoms. The smallest absolute Gasteiger partial charge is 0.336 e. The number of pyridine rings is 2. The third kappa shape index (κ3) is 4.12. The summed E-state index contributed by atoms with van der Waals surface area (Å²) in [4.78, 5) is 10.7. The van der Waals surface area contributed by atoms with Gasteiger partial charge < -0.3 is 4.52 Å². The second-order valence-electron chi connectivity index (χ2n) is 7.93. The first-order valence-corrected chi connectivity index (χ1v) is 9.81. The largest absolute Gasteiger partial charge is 0.417 e. The number of hydrogen-bond acceptors (Lipinski definition) is 5. The van der Waals surface area contributed by atoms with Gasteiger partial charge in [0, 0.05) is 37.1 Å². The summed E-state index contributed by atoms with van der Waals surface area (Å²) in [6.07, 6.45) is 0.705. The summed E-state index contributed by atoms with van der Waals surface area (Å²) in [7, 11) is 0. The number of piperidine rings is 1. The molecule has 0 aliphatic carbocycles. The van der Waals surface area contributed by atoms with Gasteiger partial charge >= 0.3 is 6.18 Å². The predicted molar refractivity (Wildman–Crippen MR) is 102 cm³/mol. The molecule has 0 radical (unpaired) electrons. The molecule has 0 unspecified atom stereocenters. The Kier molecular flexibility index (Phi) is 5.29. The second kappa shape index (κ2) is 7.74. The van der Waals surface area contributed by atoms with Crippen molar-refractivity contribution in [2.24, 2.45) is 0 Å². The zero-order chi connectivity index (χ0) is 20.6. The summed E-state index contributed by atoms with van der Waals surface area (Å²) < 4.78 is 46.8. The molecule has 3 aromatic rings. The fraction of sp³-hybridized carbons (Fsp3) is 0.476. The average molecular weight is 404 g/mol. The summed E-state index contributed by atoms with van der Waals surface area (Å²) in [5.41, 5.74) is 1.08. The molecule has 5 nitrogen and oxygen atoms in total. The van der Waals surface area contributed by atoms with Crippen LogP contribution >= 0.6 is 0 Å². The molecule has 0 N–H and O–H groups in total. The highest BCUT2D eigenvalue weighted by Gasteiger charge is 2.38. The Morgan fingerprint density at radius 3 is 2.83 bits per heavy atom. The number of rotatable bonds is 4. The Balaban J connectivity index is 1.68. The molecular weight excluding hydrogens is 381 g/mol. The molecule has 1 fully saturated rings. The molecule has 0 aromatic carbocycles. The molecule has 0 spiro atoms. The van der Waals surface area contributed by atoms with Gasteiger partial charge in [-0.05, 0) is 43.0 Å². The van der Waals surface area contributed by atoms with Gasteiger partial charge in [-0.1, -0.05) is 25.1 Å². The fourth-order valence-corrected chi connectivity index (χ4v) is 3.96. The van der Waals surface area contributed by atoms with E-state index in [2.05, 4.69) is 20.0 Å². The highest BCUT2D eigenvalue weighted by atomic mass is 19.4. The molecule has 0 bridgehead atoms. The third-order valence-corrected chi connectivity index (χ3v) is 5.41. The van der Waals surface area contributed by atoms with Crippen LogP contribution in [-0.4, -0.2) is 33.1 Å². The SMILES string of the molecule is CC(C)c1cc(C(F)(F)F)c2c([C@@H]3CCCN(Cc4cccnc4)C3)noc2n1. The van der Waals surface area contributed by atoms with E-state index >= 15 is 0 Å². The molecular formula is C21H23F3N4O. The van der Waals surface area contributed by atoms with Crippen molar-refractivity contribution in [1.29, 1.82) is 0 Å². The summed E-state index contributed by atoms with van der Waals surface area (Å²) in [6.45, 7) is 5.84. The van der Waals surface area contributed by atoms with Crippen molar-refractivity contribution in [3.8, 4) is 0 Å². The summed E-state index contributed by atoms with van der Waals surface area (Å²) in [5, 5.41) is 4.07. The Hall–Kier alpha value is -2.48. The number of hydrogen-bond donors (Lipinski definition) is 0. The number of alkyl halides is 3. The average Bonchev–Trinajstić information content (AvgIpc) is 3.11. The van der Waals surface area contributed by atoms with Crippen LogP contribution in [0.1, 0.15) is 61.0 Å². The van der Waals surface area contributed by atoms with Crippen LogP contribution in [0.25, 0.3) is 11.1 Å². The zero-order valence-electron chi connectivity index (χ0n) is 16.4. The molecule has 0 saturated carbocycles. The molecule has 1 aliphatic heterocycles. The highest BCUT2D eigenvalue weighted by molar-refractivity contribution is 5.81. The van der Waals surface area contributed by atoms with Crippen LogP contribution in [0.15, 0.2) is 35.1 Å². The molecule has 1 atom stereocenters. The molecule has 0 amide bonds. The third-order valence-electron chi connectivity index (χ3n) is 5.41. The summed E-state index contributed by atoms with van der Waals surface area (Å²) >= 11 is 0. The van der Waals surface area contributed by atoms with E-state index in [9.17, 15) is 13.2 Å². The van der Waals surface area contributed by atoms with Crippen molar-refractivity contribution in [2.45, 2.75) is 51.2 Å². The van der Waals surface area contributed by atoms with Crippen molar-refractivity contribution in [3.05, 3.63) is 53.1 Å². The lowest BCUT2D eigenvalue weighted by Gasteiger charge is -2.32. The van der Waals surface area contributed by atoms with E-state index in [1.807, 2.05) is 32.2 Å². The van der Waals surface area contributed by atoms with E-state index in [-0.39, 0.29) is 22.9 Å². The fourth-order valence-electron chi connectivity index (χ4n) is 3.96. The molecule has 4 heterocycles. The lowest BCUT2D eigenvalue weighted by molar-refractivity contribution is -0.136. The minimum absolute atomic E-state index is 0.00938. The minimum Gasteiger partial charge on any atom is -0.336 e. The first kappa shape index (κ1) is 19.8. The summed E-state index contributed by atoms with van der Waals surface area (Å²) in [5.74, 6) is -0.270. The van der Waals surface area contributed by atoms with Crippen LogP contribution in [0.4, 0.5) is 13.2 Å². The molecule has 154 valence electrons. The standard InChI is InChI=1S/C21H23F3N4O/c1-13(2)17-9-16(21(22,23)24)18-19(27-29-20(18)26-17)15-6-4-8-28(12-15)11-14-5-3-7-25-10-14/h3,5,7,9-10,13,15H,4,6,8,11-12H2,1-2H3/t15-/m1/s1. The molecule has 3 aromatic heterocycles. The monoisotopic (exact) mass is 404 g/mol. The van der Waals surface area contributed by atoms with Crippen LogP contribution in [-0.2, 0) is 12.7 Å². The lowest BCUT2D eigenvalue weighted by Crippen LogP contribution is -2.34. The number of halogens is 3. The van der Waals surface area contributed by atoms with Gasteiger partial charge in [0.05, 0.1) is 16.6 Å². The van der Waals surface area contributed by atoms with Crippen molar-refractivity contribution in [3.63, 3.8) is 0 Å². The van der Waals surface area contributed by atoms with E-state index in [0.29, 0.717) is 24.5 Å². The van der Waals surface area contributed by atoms with Crippen molar-refractivity contribution < 1.29 is 17.7 Å². The molecule has 29 heavy (non-hydrogen) atoms. The van der Waals surface area contributed by atoms with Crippen LogP contribution in [0.2, 0.25) is 0 Å². The van der Waals surface area contributed by atoms with Gasteiger partial charge in [-0.15, -0.1) is 0 Å². The van der Waals surface area contributed by atoms with Crippen LogP contribution < -0.4 is 0 Å². The van der Waals surface area contributed by atoms with Gasteiger partial charge in [-0.3, -0.25) is 9.88 Å². The maximum absolute atomic E-state index is 13.8. The Bertz CT molecular complexity index is 985. The number of likely N-dealkylation sites (tertiary alicyclic amines) is 1. The van der Waals surface area contributed by atoms with Crippen molar-refractivity contribution >= 4 is 11.1 Å². The Morgan fingerprint density at radius 2 is 2.14 bits per heavy atom. The lowest BCUT2D eigenvalue weighted by atomic mass is 9.91. The van der Waals surface area contributed by atoms with Crippen LogP contribution in [0.5, 0.6) is 0 Å². The first-order valence-electron chi connectivity index (χ1n) is 9.81. The molecule has 1 saturated heterocycles. The normalized spacial score (nSPS) is 18.6. The Labute approximate surface area is 166 Å². The predicted octanol–water partition coefficient (Wildman–Crippen LogP) is 5.14. The van der Waals surface area contributed by atoms with Gasteiger partial charge in [0.2, 0.25) is 0 Å². The molecule has 1 aliphatic rings. The minimum atomic E-state index is -4.49. The van der Waals surface area contributed by atoms with E-state index in [1.54, 1.807) is 6.20 Å².